The van der Waals surface area contributed by atoms with Gasteiger partial charge in [0.15, 0.2) is 0 Å². The van der Waals surface area contributed by atoms with E-state index in [4.69, 9.17) is 11.6 Å². The Morgan fingerprint density at radius 2 is 2.20 bits per heavy atom. The average Bonchev–Trinajstić information content (AvgIpc) is 2.64. The molecule has 1 fully saturated rings. The largest absolute Gasteiger partial charge is 0.349 e. The second kappa shape index (κ2) is 2.41. The maximum absolute atomic E-state index is 5.87. The molecule has 0 aromatic carbocycles. The van der Waals surface area contributed by atoms with Crippen molar-refractivity contribution in [2.24, 2.45) is 0 Å². The minimum absolute atomic E-state index is 0.751. The minimum atomic E-state index is 0.751. The smallest absolute Gasteiger partial charge is 0.0716 e. The Hall–Kier alpha value is 0.300. The number of hydrogen-bond acceptors (Lipinski definition) is 0. The molecule has 0 radical (unpaired) electrons. The molecule has 1 aliphatic carbocycles. The van der Waals surface area contributed by atoms with Crippen molar-refractivity contribution in [2.45, 2.75) is 18.9 Å². The van der Waals surface area contributed by atoms with Crippen molar-refractivity contribution in [1.82, 2.24) is 4.57 Å². The highest BCUT2D eigenvalue weighted by atomic mass is 127. The van der Waals surface area contributed by atoms with Crippen molar-refractivity contribution in [3.8, 4) is 0 Å². The third kappa shape index (κ3) is 1.19. The molecule has 0 N–H and O–H groups in total. The van der Waals surface area contributed by atoms with Crippen LogP contribution in [0.15, 0.2) is 12.4 Å². The van der Waals surface area contributed by atoms with Gasteiger partial charge in [-0.25, -0.2) is 0 Å². The SMILES string of the molecule is Clc1cn(C2CC2)cc1I. The zero-order valence-electron chi connectivity index (χ0n) is 5.35. The predicted octanol–water partition coefficient (Wildman–Crippen LogP) is 3.08. The number of nitrogens with zero attached hydrogens (tertiary/aromatic N) is 1. The fraction of sp³-hybridized carbons (Fsp3) is 0.429. The fourth-order valence-corrected chi connectivity index (χ4v) is 1.63. The molecule has 0 atom stereocenters. The van der Waals surface area contributed by atoms with Crippen molar-refractivity contribution in [3.63, 3.8) is 0 Å². The Kier molecular flexibility index (Phi) is 1.68. The molecular weight excluding hydrogens is 260 g/mol. The summed E-state index contributed by atoms with van der Waals surface area (Å²) >= 11 is 8.13. The summed E-state index contributed by atoms with van der Waals surface area (Å²) in [4.78, 5) is 0. The van der Waals surface area contributed by atoms with Gasteiger partial charge in [-0.1, -0.05) is 11.6 Å². The van der Waals surface area contributed by atoms with Gasteiger partial charge in [0, 0.05) is 22.0 Å². The Balaban J connectivity index is 2.34. The molecular formula is C7H7ClIN. The minimum Gasteiger partial charge on any atom is -0.349 e. The third-order valence-corrected chi connectivity index (χ3v) is 3.20. The number of rotatable bonds is 1. The molecule has 10 heavy (non-hydrogen) atoms. The molecule has 54 valence electrons. The monoisotopic (exact) mass is 267 g/mol. The van der Waals surface area contributed by atoms with Crippen LogP contribution < -0.4 is 0 Å². The highest BCUT2D eigenvalue weighted by Crippen LogP contribution is 2.36. The van der Waals surface area contributed by atoms with E-state index < -0.39 is 0 Å². The molecule has 1 heterocycles. The summed E-state index contributed by atoms with van der Waals surface area (Å²) < 4.78 is 3.37. The summed E-state index contributed by atoms with van der Waals surface area (Å²) in [5.41, 5.74) is 0. The predicted molar refractivity (Wildman–Crippen MR) is 50.4 cm³/mol. The van der Waals surface area contributed by atoms with Gasteiger partial charge in [-0.15, -0.1) is 0 Å². The van der Waals surface area contributed by atoms with Crippen LogP contribution in [0, 0.1) is 3.57 Å². The van der Waals surface area contributed by atoms with E-state index in [9.17, 15) is 0 Å². The summed E-state index contributed by atoms with van der Waals surface area (Å²) in [6.07, 6.45) is 6.77. The third-order valence-electron chi connectivity index (χ3n) is 1.72. The van der Waals surface area contributed by atoms with Gasteiger partial charge in [0.25, 0.3) is 0 Å². The van der Waals surface area contributed by atoms with E-state index in [1.54, 1.807) is 0 Å². The van der Waals surface area contributed by atoms with Gasteiger partial charge in [0.05, 0.1) is 5.02 Å². The van der Waals surface area contributed by atoms with Crippen LogP contribution in [0.1, 0.15) is 18.9 Å². The molecule has 0 aliphatic heterocycles. The molecule has 0 spiro atoms. The Bertz CT molecular complexity index is 233. The van der Waals surface area contributed by atoms with Crippen LogP contribution in [-0.2, 0) is 0 Å². The first-order chi connectivity index (χ1) is 4.77. The first-order valence-electron chi connectivity index (χ1n) is 3.30. The number of halogens is 2. The van der Waals surface area contributed by atoms with E-state index in [2.05, 4.69) is 33.4 Å². The highest BCUT2D eigenvalue weighted by Gasteiger charge is 2.23. The van der Waals surface area contributed by atoms with Crippen LogP contribution in [0.4, 0.5) is 0 Å². The highest BCUT2D eigenvalue weighted by molar-refractivity contribution is 14.1. The number of aromatic nitrogens is 1. The second-order valence-corrected chi connectivity index (χ2v) is 4.20. The summed E-state index contributed by atoms with van der Waals surface area (Å²) in [6, 6.07) is 0.751. The Morgan fingerprint density at radius 1 is 1.50 bits per heavy atom. The molecule has 0 unspecified atom stereocenters. The molecule has 1 aromatic rings. The molecule has 0 amide bonds. The zero-order valence-corrected chi connectivity index (χ0v) is 8.26. The topological polar surface area (TPSA) is 4.93 Å². The summed E-state index contributed by atoms with van der Waals surface area (Å²) in [5, 5.41) is 0.882. The Morgan fingerprint density at radius 3 is 2.60 bits per heavy atom. The lowest BCUT2D eigenvalue weighted by Gasteiger charge is -1.93. The fourth-order valence-electron chi connectivity index (χ4n) is 1.01. The maximum atomic E-state index is 5.87. The van der Waals surface area contributed by atoms with E-state index in [1.165, 1.54) is 12.8 Å². The Labute approximate surface area is 78.5 Å². The molecule has 3 heteroatoms. The van der Waals surface area contributed by atoms with Crippen molar-refractivity contribution in [1.29, 1.82) is 0 Å². The quantitative estimate of drug-likeness (QED) is 0.689. The standard InChI is InChI=1S/C7H7ClIN/c8-6-3-10(4-7(6)9)5-1-2-5/h3-5H,1-2H2. The molecule has 2 rings (SSSR count). The van der Waals surface area contributed by atoms with E-state index >= 15 is 0 Å². The van der Waals surface area contributed by atoms with Crippen LogP contribution in [0.2, 0.25) is 5.02 Å². The molecule has 1 saturated carbocycles. The zero-order chi connectivity index (χ0) is 7.14. The van der Waals surface area contributed by atoms with Crippen molar-refractivity contribution >= 4 is 34.2 Å². The lowest BCUT2D eigenvalue weighted by atomic mass is 10.7. The van der Waals surface area contributed by atoms with Gasteiger partial charge in [-0.2, -0.15) is 0 Å². The van der Waals surface area contributed by atoms with Gasteiger partial charge < -0.3 is 4.57 Å². The molecule has 1 aliphatic rings. The van der Waals surface area contributed by atoms with E-state index in [0.29, 0.717) is 0 Å². The molecule has 1 nitrogen and oxygen atoms in total. The van der Waals surface area contributed by atoms with Crippen LogP contribution in [0.5, 0.6) is 0 Å². The first kappa shape index (κ1) is 6.98. The van der Waals surface area contributed by atoms with Crippen LogP contribution in [-0.4, -0.2) is 4.57 Å². The summed E-state index contributed by atoms with van der Waals surface area (Å²) in [5.74, 6) is 0. The van der Waals surface area contributed by atoms with Crippen molar-refractivity contribution in [3.05, 3.63) is 21.0 Å². The van der Waals surface area contributed by atoms with Gasteiger partial charge in [0.1, 0.15) is 0 Å². The lowest BCUT2D eigenvalue weighted by Crippen LogP contribution is -1.86. The van der Waals surface area contributed by atoms with Crippen LogP contribution >= 0.6 is 34.2 Å². The van der Waals surface area contributed by atoms with Gasteiger partial charge in [-0.05, 0) is 35.4 Å². The van der Waals surface area contributed by atoms with Gasteiger partial charge in [-0.3, -0.25) is 0 Å². The number of hydrogen-bond donors (Lipinski definition) is 0. The second-order valence-electron chi connectivity index (χ2n) is 2.63. The maximum Gasteiger partial charge on any atom is 0.0716 e. The molecule has 0 saturated heterocycles. The van der Waals surface area contributed by atoms with E-state index in [-0.39, 0.29) is 0 Å². The summed E-state index contributed by atoms with van der Waals surface area (Å²) in [6.45, 7) is 0. The molecule has 0 bridgehead atoms. The first-order valence-corrected chi connectivity index (χ1v) is 4.75. The lowest BCUT2D eigenvalue weighted by molar-refractivity contribution is 0.747. The van der Waals surface area contributed by atoms with E-state index in [1.807, 2.05) is 6.20 Å². The molecule has 1 aromatic heterocycles. The van der Waals surface area contributed by atoms with Crippen LogP contribution in [0.3, 0.4) is 0 Å². The summed E-state index contributed by atoms with van der Waals surface area (Å²) in [7, 11) is 0. The van der Waals surface area contributed by atoms with Gasteiger partial charge >= 0.3 is 0 Å². The van der Waals surface area contributed by atoms with E-state index in [0.717, 1.165) is 14.6 Å². The van der Waals surface area contributed by atoms with Crippen molar-refractivity contribution < 1.29 is 0 Å². The van der Waals surface area contributed by atoms with Crippen molar-refractivity contribution in [2.75, 3.05) is 0 Å². The normalized spacial score (nSPS) is 17.8. The average molecular weight is 267 g/mol. The van der Waals surface area contributed by atoms with Gasteiger partial charge in [0.2, 0.25) is 0 Å². The van der Waals surface area contributed by atoms with Crippen LogP contribution in [0.25, 0.3) is 0 Å².